The molecule has 1 aromatic rings. The van der Waals surface area contributed by atoms with Crippen LogP contribution >= 0.6 is 0 Å². The molecule has 27 heavy (non-hydrogen) atoms. The molecule has 148 valence electrons. The Morgan fingerprint density at radius 2 is 1.85 bits per heavy atom. The average Bonchev–Trinajstić information content (AvgIpc) is 2.62. The topological polar surface area (TPSA) is 95.9 Å². The number of rotatable bonds is 8. The van der Waals surface area contributed by atoms with E-state index in [2.05, 4.69) is 5.32 Å². The highest BCUT2D eigenvalue weighted by Gasteiger charge is 2.28. The van der Waals surface area contributed by atoms with Crippen molar-refractivity contribution in [2.45, 2.75) is 51.6 Å². The molecule has 1 saturated heterocycles. The number of carboxylic acid groups (broad SMARTS) is 1. The van der Waals surface area contributed by atoms with E-state index in [0.717, 1.165) is 11.1 Å². The molecule has 7 heteroatoms. The molecule has 0 saturated carbocycles. The Morgan fingerprint density at radius 3 is 2.41 bits per heavy atom. The third-order valence-corrected chi connectivity index (χ3v) is 4.75. The minimum Gasteiger partial charge on any atom is -0.481 e. The summed E-state index contributed by atoms with van der Waals surface area (Å²) in [7, 11) is 0. The number of hydrogen-bond acceptors (Lipinski definition) is 4. The zero-order valence-electron chi connectivity index (χ0n) is 15.9. The lowest BCUT2D eigenvalue weighted by atomic mass is 10.00. The van der Waals surface area contributed by atoms with Crippen LogP contribution in [0.15, 0.2) is 24.3 Å². The molecule has 2 amide bonds. The first-order valence-corrected chi connectivity index (χ1v) is 9.29. The summed E-state index contributed by atoms with van der Waals surface area (Å²) in [5, 5.41) is 11.9. The van der Waals surface area contributed by atoms with Crippen molar-refractivity contribution >= 4 is 17.8 Å². The van der Waals surface area contributed by atoms with Crippen LogP contribution in [0.5, 0.6) is 0 Å². The van der Waals surface area contributed by atoms with Gasteiger partial charge in [-0.1, -0.05) is 29.8 Å². The van der Waals surface area contributed by atoms with E-state index in [1.54, 1.807) is 4.90 Å². The predicted octanol–water partition coefficient (Wildman–Crippen LogP) is 2.04. The van der Waals surface area contributed by atoms with Crippen LogP contribution in [0.3, 0.4) is 0 Å². The number of carboxylic acids is 1. The van der Waals surface area contributed by atoms with Crippen LogP contribution in [0, 0.1) is 6.92 Å². The van der Waals surface area contributed by atoms with Crippen molar-refractivity contribution in [1.82, 2.24) is 10.2 Å². The molecule has 7 nitrogen and oxygen atoms in total. The lowest BCUT2D eigenvalue weighted by Crippen LogP contribution is -2.45. The van der Waals surface area contributed by atoms with Gasteiger partial charge >= 0.3 is 5.97 Å². The molecule has 2 N–H and O–H groups in total. The van der Waals surface area contributed by atoms with Gasteiger partial charge in [0.2, 0.25) is 11.8 Å². The van der Waals surface area contributed by atoms with Crippen LogP contribution in [0.4, 0.5) is 0 Å². The Bertz CT molecular complexity index is 653. The Balaban J connectivity index is 2.15. The van der Waals surface area contributed by atoms with Gasteiger partial charge in [-0.3, -0.25) is 14.4 Å². The van der Waals surface area contributed by atoms with Crippen LogP contribution in [0.2, 0.25) is 0 Å². The number of ether oxygens (including phenoxy) is 1. The molecule has 0 aliphatic carbocycles. The lowest BCUT2D eigenvalue weighted by molar-refractivity contribution is -0.140. The maximum atomic E-state index is 13.0. The molecular formula is C20H28N2O5. The highest BCUT2D eigenvalue weighted by Crippen LogP contribution is 2.22. The first-order valence-electron chi connectivity index (χ1n) is 9.29. The summed E-state index contributed by atoms with van der Waals surface area (Å²) in [5.41, 5.74) is 1.95. The highest BCUT2D eigenvalue weighted by atomic mass is 16.5. The zero-order chi connectivity index (χ0) is 19.8. The SMILES string of the molecule is CC(=O)N[C@@H](CC(=O)N(CCC(=O)O)C1CCOCC1)c1ccc(C)cc1. The average molecular weight is 376 g/mol. The molecule has 0 spiro atoms. The van der Waals surface area contributed by atoms with Gasteiger partial charge in [-0.05, 0) is 25.3 Å². The van der Waals surface area contributed by atoms with E-state index >= 15 is 0 Å². The van der Waals surface area contributed by atoms with Gasteiger partial charge in [0.25, 0.3) is 0 Å². The Labute approximate surface area is 159 Å². The van der Waals surface area contributed by atoms with Crippen LogP contribution in [-0.2, 0) is 19.1 Å². The fourth-order valence-electron chi connectivity index (χ4n) is 3.31. The van der Waals surface area contributed by atoms with E-state index in [0.29, 0.717) is 26.1 Å². The summed E-state index contributed by atoms with van der Waals surface area (Å²) in [6.45, 7) is 4.69. The lowest BCUT2D eigenvalue weighted by Gasteiger charge is -2.35. The molecule has 1 aromatic carbocycles. The van der Waals surface area contributed by atoms with Gasteiger partial charge < -0.3 is 20.1 Å². The Hall–Kier alpha value is -2.41. The minimum atomic E-state index is -0.934. The van der Waals surface area contributed by atoms with Crippen molar-refractivity contribution in [3.63, 3.8) is 0 Å². The second kappa shape index (κ2) is 10.1. The number of aliphatic carboxylic acids is 1. The first kappa shape index (κ1) is 20.9. The molecule has 1 heterocycles. The maximum absolute atomic E-state index is 13.0. The molecule has 0 unspecified atom stereocenters. The van der Waals surface area contributed by atoms with Gasteiger partial charge in [-0.25, -0.2) is 0 Å². The third-order valence-electron chi connectivity index (χ3n) is 4.75. The second-order valence-corrected chi connectivity index (χ2v) is 6.94. The third kappa shape index (κ3) is 6.67. The zero-order valence-corrected chi connectivity index (χ0v) is 15.9. The number of hydrogen-bond donors (Lipinski definition) is 2. The largest absolute Gasteiger partial charge is 0.481 e. The van der Waals surface area contributed by atoms with Crippen LogP contribution in [0.1, 0.15) is 49.8 Å². The molecule has 1 fully saturated rings. The van der Waals surface area contributed by atoms with Crippen LogP contribution in [0.25, 0.3) is 0 Å². The number of nitrogens with zero attached hydrogens (tertiary/aromatic N) is 1. The van der Waals surface area contributed by atoms with E-state index in [9.17, 15) is 14.4 Å². The fraction of sp³-hybridized carbons (Fsp3) is 0.550. The molecular weight excluding hydrogens is 348 g/mol. The van der Waals surface area contributed by atoms with Crippen molar-refractivity contribution in [3.05, 3.63) is 35.4 Å². The molecule has 0 aromatic heterocycles. The maximum Gasteiger partial charge on any atom is 0.305 e. The van der Waals surface area contributed by atoms with Gasteiger partial charge in [0.1, 0.15) is 0 Å². The van der Waals surface area contributed by atoms with Crippen LogP contribution < -0.4 is 5.32 Å². The van der Waals surface area contributed by atoms with Crippen molar-refractivity contribution in [2.75, 3.05) is 19.8 Å². The number of nitrogens with one attached hydrogen (secondary N) is 1. The predicted molar refractivity (Wildman–Crippen MR) is 100 cm³/mol. The number of amides is 2. The summed E-state index contributed by atoms with van der Waals surface area (Å²) in [4.78, 5) is 37.3. The molecule has 2 rings (SSSR count). The van der Waals surface area contributed by atoms with Gasteiger partial charge in [0.15, 0.2) is 0 Å². The number of carbonyl (C=O) groups is 3. The molecule has 1 aliphatic heterocycles. The summed E-state index contributed by atoms with van der Waals surface area (Å²) in [6, 6.07) is 7.22. The number of benzene rings is 1. The number of carbonyl (C=O) groups excluding carboxylic acids is 2. The quantitative estimate of drug-likeness (QED) is 0.724. The monoisotopic (exact) mass is 376 g/mol. The van der Waals surface area contributed by atoms with Crippen molar-refractivity contribution in [3.8, 4) is 0 Å². The van der Waals surface area contributed by atoms with Gasteiger partial charge in [-0.15, -0.1) is 0 Å². The molecule has 0 radical (unpaired) electrons. The van der Waals surface area contributed by atoms with E-state index in [-0.39, 0.29) is 37.2 Å². The summed E-state index contributed by atoms with van der Waals surface area (Å²) in [6.07, 6.45) is 1.39. The smallest absolute Gasteiger partial charge is 0.305 e. The normalized spacial score (nSPS) is 15.8. The summed E-state index contributed by atoms with van der Waals surface area (Å²) in [5.74, 6) is -1.30. The molecule has 1 aliphatic rings. The van der Waals surface area contributed by atoms with E-state index < -0.39 is 12.0 Å². The molecule has 0 bridgehead atoms. The van der Waals surface area contributed by atoms with Gasteiger partial charge in [-0.2, -0.15) is 0 Å². The van der Waals surface area contributed by atoms with Crippen LogP contribution in [-0.4, -0.2) is 53.6 Å². The summed E-state index contributed by atoms with van der Waals surface area (Å²) < 4.78 is 5.36. The molecule has 1 atom stereocenters. The van der Waals surface area contributed by atoms with Crippen molar-refractivity contribution in [1.29, 1.82) is 0 Å². The van der Waals surface area contributed by atoms with E-state index in [1.165, 1.54) is 6.92 Å². The minimum absolute atomic E-state index is 0.0263. The fourth-order valence-corrected chi connectivity index (χ4v) is 3.31. The highest BCUT2D eigenvalue weighted by molar-refractivity contribution is 5.80. The van der Waals surface area contributed by atoms with Gasteiger partial charge in [0.05, 0.1) is 18.9 Å². The standard InChI is InChI=1S/C20H28N2O5/c1-14-3-5-16(6-4-14)18(21-15(2)23)13-19(24)22(10-7-20(25)26)17-8-11-27-12-9-17/h3-6,17-18H,7-13H2,1-2H3,(H,21,23)(H,25,26)/t18-/m0/s1. The number of aryl methyl sites for hydroxylation is 1. The van der Waals surface area contributed by atoms with E-state index in [4.69, 9.17) is 9.84 Å². The van der Waals surface area contributed by atoms with Crippen molar-refractivity contribution in [2.24, 2.45) is 0 Å². The Kier molecular flexibility index (Phi) is 7.79. The second-order valence-electron chi connectivity index (χ2n) is 6.94. The summed E-state index contributed by atoms with van der Waals surface area (Å²) >= 11 is 0. The first-order chi connectivity index (χ1) is 12.9. The van der Waals surface area contributed by atoms with E-state index in [1.807, 2.05) is 31.2 Å². The van der Waals surface area contributed by atoms with Gasteiger partial charge in [0, 0.05) is 32.7 Å². The van der Waals surface area contributed by atoms with Crippen molar-refractivity contribution < 1.29 is 24.2 Å². The Morgan fingerprint density at radius 1 is 1.22 bits per heavy atom.